The number of carbonyl (C=O) groups excluding carboxylic acids is 1. The molecule has 106 valence electrons. The lowest BCUT2D eigenvalue weighted by molar-refractivity contribution is -0.115. The van der Waals surface area contributed by atoms with Gasteiger partial charge in [0.15, 0.2) is 0 Å². The fourth-order valence-electron chi connectivity index (χ4n) is 1.46. The molecule has 0 fully saturated rings. The van der Waals surface area contributed by atoms with Crippen LogP contribution >= 0.6 is 23.4 Å². The molecule has 0 atom stereocenters. The van der Waals surface area contributed by atoms with Crippen molar-refractivity contribution in [3.05, 3.63) is 35.2 Å². The predicted molar refractivity (Wildman–Crippen MR) is 79.1 cm³/mol. The van der Waals surface area contributed by atoms with Crippen LogP contribution in [0, 0.1) is 0 Å². The zero-order valence-corrected chi connectivity index (χ0v) is 12.5. The van der Waals surface area contributed by atoms with Crippen molar-refractivity contribution in [2.75, 3.05) is 11.1 Å². The minimum atomic E-state index is -0.0741. The van der Waals surface area contributed by atoms with E-state index < -0.39 is 0 Å². The summed E-state index contributed by atoms with van der Waals surface area (Å²) in [6.45, 7) is 1.94. The molecule has 0 aliphatic rings. The normalized spacial score (nSPS) is 10.5. The van der Waals surface area contributed by atoms with E-state index in [1.165, 1.54) is 11.8 Å². The Labute approximate surface area is 126 Å². The van der Waals surface area contributed by atoms with Crippen LogP contribution < -0.4 is 5.32 Å². The number of hydrogen-bond acceptors (Lipinski definition) is 5. The third kappa shape index (κ3) is 4.54. The molecule has 1 aromatic heterocycles. The summed E-state index contributed by atoms with van der Waals surface area (Å²) in [5, 5.41) is 11.6. The van der Waals surface area contributed by atoms with Crippen LogP contribution in [-0.4, -0.2) is 21.9 Å². The van der Waals surface area contributed by atoms with E-state index in [1.807, 2.05) is 6.92 Å². The molecule has 5 nitrogen and oxygen atoms in total. The predicted octanol–water partition coefficient (Wildman–Crippen LogP) is 3.41. The van der Waals surface area contributed by atoms with Crippen LogP contribution in [0.15, 0.2) is 33.9 Å². The minimum Gasteiger partial charge on any atom is -0.416 e. The average molecular weight is 312 g/mol. The molecule has 2 rings (SSSR count). The van der Waals surface area contributed by atoms with Gasteiger partial charge in [0.05, 0.1) is 0 Å². The lowest BCUT2D eigenvalue weighted by atomic mass is 10.3. The molecule has 0 spiro atoms. The Kier molecular flexibility index (Phi) is 5.43. The van der Waals surface area contributed by atoms with E-state index in [4.69, 9.17) is 16.0 Å². The minimum absolute atomic E-state index is 0.0741. The van der Waals surface area contributed by atoms with Gasteiger partial charge in [0, 0.05) is 29.3 Å². The summed E-state index contributed by atoms with van der Waals surface area (Å²) in [6.07, 6.45) is 1.07. The van der Waals surface area contributed by atoms with Crippen LogP contribution in [0.5, 0.6) is 0 Å². The van der Waals surface area contributed by atoms with Crippen molar-refractivity contribution < 1.29 is 9.21 Å². The van der Waals surface area contributed by atoms with Crippen molar-refractivity contribution in [3.8, 4) is 0 Å². The van der Waals surface area contributed by atoms with Crippen LogP contribution in [0.2, 0.25) is 5.02 Å². The number of nitrogens with one attached hydrogen (secondary N) is 1. The monoisotopic (exact) mass is 311 g/mol. The van der Waals surface area contributed by atoms with Crippen molar-refractivity contribution in [2.45, 2.75) is 25.0 Å². The van der Waals surface area contributed by atoms with Gasteiger partial charge in [0.25, 0.3) is 5.22 Å². The molecule has 1 heterocycles. The van der Waals surface area contributed by atoms with Gasteiger partial charge < -0.3 is 9.73 Å². The summed E-state index contributed by atoms with van der Waals surface area (Å²) >= 11 is 7.22. The summed E-state index contributed by atoms with van der Waals surface area (Å²) in [6, 6.07) is 7.05. The smallest absolute Gasteiger partial charge is 0.276 e. The first-order valence-electron chi connectivity index (χ1n) is 6.18. The maximum atomic E-state index is 11.7. The Hall–Kier alpha value is -1.53. The number of amides is 1. The molecule has 0 radical (unpaired) electrons. The SMILES string of the molecule is CCc1nnc(SCCC(=O)Nc2cccc(Cl)c2)o1. The highest BCUT2D eigenvalue weighted by Crippen LogP contribution is 2.18. The number of carbonyl (C=O) groups is 1. The van der Waals surface area contributed by atoms with E-state index in [-0.39, 0.29) is 5.91 Å². The quantitative estimate of drug-likeness (QED) is 0.828. The maximum Gasteiger partial charge on any atom is 0.276 e. The average Bonchev–Trinajstić information content (AvgIpc) is 2.86. The second-order valence-corrected chi connectivity index (χ2v) is 5.45. The Balaban J connectivity index is 1.75. The Morgan fingerprint density at radius 1 is 1.45 bits per heavy atom. The lowest BCUT2D eigenvalue weighted by Crippen LogP contribution is -2.12. The Morgan fingerprint density at radius 3 is 3.00 bits per heavy atom. The third-order valence-corrected chi connectivity index (χ3v) is 3.47. The van der Waals surface area contributed by atoms with Gasteiger partial charge in [-0.3, -0.25) is 4.79 Å². The van der Waals surface area contributed by atoms with Gasteiger partial charge in [-0.25, -0.2) is 0 Å². The largest absolute Gasteiger partial charge is 0.416 e. The van der Waals surface area contributed by atoms with Gasteiger partial charge in [-0.05, 0) is 18.2 Å². The molecule has 7 heteroatoms. The second kappa shape index (κ2) is 7.31. The molecule has 0 unspecified atom stereocenters. The number of aryl methyl sites for hydroxylation is 1. The van der Waals surface area contributed by atoms with Crippen LogP contribution in [0.3, 0.4) is 0 Å². The van der Waals surface area contributed by atoms with Crippen LogP contribution in [0.25, 0.3) is 0 Å². The highest BCUT2D eigenvalue weighted by Gasteiger charge is 2.07. The van der Waals surface area contributed by atoms with Crippen LogP contribution in [0.1, 0.15) is 19.2 Å². The van der Waals surface area contributed by atoms with Gasteiger partial charge in [-0.1, -0.05) is 36.4 Å². The fraction of sp³-hybridized carbons (Fsp3) is 0.308. The molecule has 0 bridgehead atoms. The standard InChI is InChI=1S/C13H14ClN3O2S/c1-2-12-16-17-13(19-12)20-7-6-11(18)15-10-5-3-4-9(14)8-10/h3-5,8H,2,6-7H2,1H3,(H,15,18). The lowest BCUT2D eigenvalue weighted by Gasteiger charge is -2.04. The number of rotatable bonds is 6. The highest BCUT2D eigenvalue weighted by molar-refractivity contribution is 7.99. The summed E-state index contributed by atoms with van der Waals surface area (Å²) in [7, 11) is 0. The summed E-state index contributed by atoms with van der Waals surface area (Å²) in [4.78, 5) is 11.7. The summed E-state index contributed by atoms with van der Waals surface area (Å²) < 4.78 is 5.34. The zero-order chi connectivity index (χ0) is 14.4. The zero-order valence-electron chi connectivity index (χ0n) is 10.9. The molecular formula is C13H14ClN3O2S. The van der Waals surface area contributed by atoms with Gasteiger partial charge in [-0.2, -0.15) is 0 Å². The summed E-state index contributed by atoms with van der Waals surface area (Å²) in [5.74, 6) is 1.11. The number of halogens is 1. The van der Waals surface area contributed by atoms with Crippen LogP contribution in [-0.2, 0) is 11.2 Å². The maximum absolute atomic E-state index is 11.7. The van der Waals surface area contributed by atoms with E-state index >= 15 is 0 Å². The van der Waals surface area contributed by atoms with Crippen molar-refractivity contribution in [1.29, 1.82) is 0 Å². The topological polar surface area (TPSA) is 68.0 Å². The number of nitrogens with zero attached hydrogens (tertiary/aromatic N) is 2. The Morgan fingerprint density at radius 2 is 2.30 bits per heavy atom. The van der Waals surface area contributed by atoms with E-state index in [0.717, 1.165) is 0 Å². The molecule has 2 aromatic rings. The number of anilines is 1. The number of aromatic nitrogens is 2. The first-order valence-corrected chi connectivity index (χ1v) is 7.54. The first-order chi connectivity index (χ1) is 9.67. The molecule has 0 aliphatic carbocycles. The van der Waals surface area contributed by atoms with Crippen molar-refractivity contribution in [2.24, 2.45) is 0 Å². The number of benzene rings is 1. The molecule has 1 aromatic carbocycles. The third-order valence-electron chi connectivity index (χ3n) is 2.41. The number of hydrogen-bond donors (Lipinski definition) is 1. The molecular weight excluding hydrogens is 298 g/mol. The van der Waals surface area contributed by atoms with E-state index in [9.17, 15) is 4.79 Å². The van der Waals surface area contributed by atoms with E-state index in [1.54, 1.807) is 24.3 Å². The second-order valence-electron chi connectivity index (χ2n) is 3.97. The highest BCUT2D eigenvalue weighted by atomic mass is 35.5. The van der Waals surface area contributed by atoms with Crippen LogP contribution in [0.4, 0.5) is 5.69 Å². The molecule has 1 N–H and O–H groups in total. The van der Waals surface area contributed by atoms with Crippen molar-refractivity contribution in [3.63, 3.8) is 0 Å². The molecule has 0 aliphatic heterocycles. The van der Waals surface area contributed by atoms with Crippen molar-refractivity contribution in [1.82, 2.24) is 10.2 Å². The van der Waals surface area contributed by atoms with E-state index in [0.29, 0.717) is 40.4 Å². The molecule has 0 saturated heterocycles. The van der Waals surface area contributed by atoms with Gasteiger partial charge >= 0.3 is 0 Å². The van der Waals surface area contributed by atoms with Gasteiger partial charge in [0.1, 0.15) is 0 Å². The first kappa shape index (κ1) is 14.9. The fourth-order valence-corrected chi connectivity index (χ4v) is 2.37. The molecule has 1 amide bonds. The summed E-state index contributed by atoms with van der Waals surface area (Å²) in [5.41, 5.74) is 0.693. The molecule has 20 heavy (non-hydrogen) atoms. The van der Waals surface area contributed by atoms with Gasteiger partial charge in [0.2, 0.25) is 11.8 Å². The molecule has 0 saturated carbocycles. The Bertz CT molecular complexity index is 589. The number of thioether (sulfide) groups is 1. The van der Waals surface area contributed by atoms with E-state index in [2.05, 4.69) is 15.5 Å². The van der Waals surface area contributed by atoms with Gasteiger partial charge in [-0.15, -0.1) is 10.2 Å². The van der Waals surface area contributed by atoms with Crippen molar-refractivity contribution >= 4 is 35.0 Å².